The Bertz CT molecular complexity index is 881. The number of benzene rings is 3. The van der Waals surface area contributed by atoms with Crippen molar-refractivity contribution in [1.29, 1.82) is 0 Å². The van der Waals surface area contributed by atoms with Gasteiger partial charge in [-0.1, -0.05) is 110 Å². The quantitative estimate of drug-likeness (QED) is 0.283. The van der Waals surface area contributed by atoms with Crippen molar-refractivity contribution in [2.24, 2.45) is 0 Å². The van der Waals surface area contributed by atoms with Crippen LogP contribution in [0.4, 0.5) is 0 Å². The molecule has 0 nitrogen and oxygen atoms in total. The smallest absolute Gasteiger partial charge is 0.0150 e. The van der Waals surface area contributed by atoms with Crippen molar-refractivity contribution in [3.05, 3.63) is 119 Å². The molecule has 0 saturated carbocycles. The van der Waals surface area contributed by atoms with Gasteiger partial charge in [0.05, 0.1) is 0 Å². The molecule has 3 aromatic carbocycles. The summed E-state index contributed by atoms with van der Waals surface area (Å²) in [4.78, 5) is 0. The summed E-state index contributed by atoms with van der Waals surface area (Å²) in [6.07, 6.45) is 12.0. The lowest BCUT2D eigenvalue weighted by Crippen LogP contribution is -1.98. The Labute approximate surface area is 170 Å². The zero-order valence-electron chi connectivity index (χ0n) is 17.0. The Balaban J connectivity index is 1.56. The number of aryl methyl sites for hydroxylation is 1. The highest BCUT2D eigenvalue weighted by atomic mass is 14.1. The van der Waals surface area contributed by atoms with Gasteiger partial charge in [0.15, 0.2) is 0 Å². The second-order valence-electron chi connectivity index (χ2n) is 7.44. The van der Waals surface area contributed by atoms with Crippen LogP contribution in [0.25, 0.3) is 12.2 Å². The lowest BCUT2D eigenvalue weighted by Gasteiger charge is -2.12. The third-order valence-corrected chi connectivity index (χ3v) is 5.17. The molecule has 0 aliphatic rings. The molecule has 3 aromatic rings. The molecule has 0 aromatic heterocycles. The van der Waals surface area contributed by atoms with Gasteiger partial charge in [0.2, 0.25) is 0 Å². The van der Waals surface area contributed by atoms with E-state index in [2.05, 4.69) is 117 Å². The van der Waals surface area contributed by atoms with E-state index in [-0.39, 0.29) is 0 Å². The molecule has 0 bridgehead atoms. The highest BCUT2D eigenvalue weighted by molar-refractivity contribution is 5.69. The highest BCUT2D eigenvalue weighted by Crippen LogP contribution is 2.21. The average Bonchev–Trinajstić information content (AvgIpc) is 2.75. The summed E-state index contributed by atoms with van der Waals surface area (Å²) in [5.74, 6) is 0.536. The second-order valence-corrected chi connectivity index (χ2v) is 7.44. The van der Waals surface area contributed by atoms with Crippen LogP contribution in [0.15, 0.2) is 91.0 Å². The Kier molecular flexibility index (Phi) is 7.44. The van der Waals surface area contributed by atoms with E-state index in [1.807, 2.05) is 0 Å². The largest absolute Gasteiger partial charge is 0.0917 e. The highest BCUT2D eigenvalue weighted by Gasteiger charge is 2.05. The summed E-state index contributed by atoms with van der Waals surface area (Å²) in [6, 6.07) is 28.6. The molecule has 142 valence electrons. The van der Waals surface area contributed by atoms with Gasteiger partial charge in [0.1, 0.15) is 0 Å². The van der Waals surface area contributed by atoms with Crippen molar-refractivity contribution in [2.75, 3.05) is 0 Å². The molecule has 1 unspecified atom stereocenters. The third-order valence-electron chi connectivity index (χ3n) is 5.17. The van der Waals surface area contributed by atoms with Gasteiger partial charge in [-0.3, -0.25) is 0 Å². The molecule has 3 rings (SSSR count). The van der Waals surface area contributed by atoms with Crippen molar-refractivity contribution < 1.29 is 0 Å². The van der Waals surface area contributed by atoms with Crippen LogP contribution in [-0.4, -0.2) is 0 Å². The van der Waals surface area contributed by atoms with Gasteiger partial charge in [-0.2, -0.15) is 0 Å². The number of rotatable bonds is 8. The second kappa shape index (κ2) is 10.5. The van der Waals surface area contributed by atoms with Gasteiger partial charge in [-0.05, 0) is 59.9 Å². The minimum atomic E-state index is 0.536. The third kappa shape index (κ3) is 6.09. The maximum Gasteiger partial charge on any atom is -0.0150 e. The summed E-state index contributed by atoms with van der Waals surface area (Å²) >= 11 is 0. The SMILES string of the molecule is C/C=C/CCc1ccc(/C=C/c2ccc(CC(C)c3ccccc3)cc2)cc1. The van der Waals surface area contributed by atoms with Gasteiger partial charge in [-0.25, -0.2) is 0 Å². The monoisotopic (exact) mass is 366 g/mol. The molecule has 0 N–H and O–H groups in total. The fourth-order valence-electron chi connectivity index (χ4n) is 3.42. The molecule has 28 heavy (non-hydrogen) atoms. The summed E-state index contributed by atoms with van der Waals surface area (Å²) in [6.45, 7) is 4.37. The van der Waals surface area contributed by atoms with E-state index in [0.29, 0.717) is 5.92 Å². The maximum atomic E-state index is 2.30. The number of allylic oxidation sites excluding steroid dienone is 2. The van der Waals surface area contributed by atoms with E-state index in [4.69, 9.17) is 0 Å². The standard InChI is InChI=1S/C28H30/c1-3-4-6-9-24-12-14-25(15-13-24)16-17-26-18-20-27(21-19-26)22-23(2)28-10-7-5-8-11-28/h3-5,7-8,10-21,23H,6,9,22H2,1-2H3/b4-3+,17-16+. The molecular weight excluding hydrogens is 336 g/mol. The predicted molar refractivity (Wildman–Crippen MR) is 124 cm³/mol. The van der Waals surface area contributed by atoms with E-state index < -0.39 is 0 Å². The van der Waals surface area contributed by atoms with Crippen LogP contribution in [0.3, 0.4) is 0 Å². The molecule has 0 aliphatic carbocycles. The molecular formula is C28H30. The van der Waals surface area contributed by atoms with Gasteiger partial charge >= 0.3 is 0 Å². The van der Waals surface area contributed by atoms with Crippen molar-refractivity contribution >= 4 is 12.2 Å². The van der Waals surface area contributed by atoms with Gasteiger partial charge in [0.25, 0.3) is 0 Å². The normalized spacial score (nSPS) is 12.6. The first-order valence-electron chi connectivity index (χ1n) is 10.3. The van der Waals surface area contributed by atoms with Gasteiger partial charge < -0.3 is 0 Å². The Morgan fingerprint density at radius 2 is 1.29 bits per heavy atom. The summed E-state index contributed by atoms with van der Waals surface area (Å²) in [5, 5.41) is 0. The predicted octanol–water partition coefficient (Wildman–Crippen LogP) is 7.71. The topological polar surface area (TPSA) is 0 Å². The van der Waals surface area contributed by atoms with Crippen LogP contribution >= 0.6 is 0 Å². The minimum Gasteiger partial charge on any atom is -0.0917 e. The zero-order valence-corrected chi connectivity index (χ0v) is 17.0. The van der Waals surface area contributed by atoms with Crippen LogP contribution in [0.1, 0.15) is 54.0 Å². The number of hydrogen-bond acceptors (Lipinski definition) is 0. The molecule has 1 atom stereocenters. The van der Waals surface area contributed by atoms with Gasteiger partial charge in [0, 0.05) is 0 Å². The Morgan fingerprint density at radius 3 is 1.86 bits per heavy atom. The van der Waals surface area contributed by atoms with Crippen molar-refractivity contribution in [1.82, 2.24) is 0 Å². The molecule has 0 heterocycles. The van der Waals surface area contributed by atoms with Crippen LogP contribution in [0.2, 0.25) is 0 Å². The molecule has 0 saturated heterocycles. The molecule has 0 radical (unpaired) electrons. The lowest BCUT2D eigenvalue weighted by atomic mass is 9.93. The molecule has 0 spiro atoms. The maximum absolute atomic E-state index is 2.30. The summed E-state index contributed by atoms with van der Waals surface area (Å²) in [7, 11) is 0. The Morgan fingerprint density at radius 1 is 0.714 bits per heavy atom. The van der Waals surface area contributed by atoms with E-state index in [1.54, 1.807) is 0 Å². The van der Waals surface area contributed by atoms with Crippen molar-refractivity contribution in [3.63, 3.8) is 0 Å². The molecule has 0 fully saturated rings. The van der Waals surface area contributed by atoms with Crippen LogP contribution in [0, 0.1) is 0 Å². The van der Waals surface area contributed by atoms with Crippen LogP contribution < -0.4 is 0 Å². The lowest BCUT2D eigenvalue weighted by molar-refractivity contribution is 0.759. The van der Waals surface area contributed by atoms with E-state index in [0.717, 1.165) is 19.3 Å². The first-order chi connectivity index (χ1) is 13.7. The molecule has 0 amide bonds. The van der Waals surface area contributed by atoms with Crippen LogP contribution in [0.5, 0.6) is 0 Å². The Hall–Kier alpha value is -2.86. The summed E-state index contributed by atoms with van der Waals surface area (Å²) in [5.41, 5.74) is 6.68. The van der Waals surface area contributed by atoms with Crippen molar-refractivity contribution in [3.8, 4) is 0 Å². The summed E-state index contributed by atoms with van der Waals surface area (Å²) < 4.78 is 0. The van der Waals surface area contributed by atoms with E-state index >= 15 is 0 Å². The van der Waals surface area contributed by atoms with E-state index in [9.17, 15) is 0 Å². The molecule has 0 aliphatic heterocycles. The first-order valence-corrected chi connectivity index (χ1v) is 10.3. The zero-order chi connectivity index (χ0) is 19.6. The number of hydrogen-bond donors (Lipinski definition) is 0. The molecule has 0 heteroatoms. The van der Waals surface area contributed by atoms with E-state index in [1.165, 1.54) is 27.8 Å². The average molecular weight is 367 g/mol. The van der Waals surface area contributed by atoms with Crippen LogP contribution in [-0.2, 0) is 12.8 Å². The first kappa shape index (κ1) is 19.9. The van der Waals surface area contributed by atoms with Gasteiger partial charge in [-0.15, -0.1) is 0 Å². The fourth-order valence-corrected chi connectivity index (χ4v) is 3.42. The fraction of sp³-hybridized carbons (Fsp3) is 0.214. The van der Waals surface area contributed by atoms with Crippen molar-refractivity contribution in [2.45, 2.75) is 39.0 Å². The minimum absolute atomic E-state index is 0.536.